The Morgan fingerprint density at radius 1 is 1.06 bits per heavy atom. The summed E-state index contributed by atoms with van der Waals surface area (Å²) in [6, 6.07) is 15.5. The number of para-hydroxylation sites is 1. The van der Waals surface area contributed by atoms with Gasteiger partial charge < -0.3 is 16.2 Å². The van der Waals surface area contributed by atoms with Crippen molar-refractivity contribution in [1.29, 1.82) is 0 Å². The smallest absolute Gasteiger partial charge is 0.120 e. The summed E-state index contributed by atoms with van der Waals surface area (Å²) in [5.74, 6) is 0.260. The van der Waals surface area contributed by atoms with Crippen molar-refractivity contribution in [3.63, 3.8) is 0 Å². The number of anilines is 1. The molecule has 3 nitrogen and oxygen atoms in total. The maximum Gasteiger partial charge on any atom is 0.120 e. The van der Waals surface area contributed by atoms with Crippen LogP contribution in [0.3, 0.4) is 0 Å². The lowest BCUT2D eigenvalue weighted by molar-refractivity contribution is 0.468. The molecule has 0 aliphatic carbocycles. The van der Waals surface area contributed by atoms with Crippen molar-refractivity contribution in [1.82, 2.24) is 0 Å². The van der Waals surface area contributed by atoms with Gasteiger partial charge in [-0.1, -0.05) is 24.3 Å². The highest BCUT2D eigenvalue weighted by atomic mass is 16.3. The lowest BCUT2D eigenvalue weighted by atomic mass is 10.1. The van der Waals surface area contributed by atoms with E-state index in [1.807, 2.05) is 42.5 Å². The number of nitrogens with one attached hydrogen (secondary N) is 1. The Bertz CT molecular complexity index is 483. The van der Waals surface area contributed by atoms with Gasteiger partial charge in [-0.15, -0.1) is 0 Å². The molecule has 0 aliphatic heterocycles. The monoisotopic (exact) mass is 228 g/mol. The first-order chi connectivity index (χ1) is 8.29. The number of phenols is 1. The second-order valence-electron chi connectivity index (χ2n) is 3.89. The van der Waals surface area contributed by atoms with Gasteiger partial charge in [-0.3, -0.25) is 0 Å². The number of hydrogen-bond donors (Lipinski definition) is 3. The highest BCUT2D eigenvalue weighted by Crippen LogP contribution is 2.18. The van der Waals surface area contributed by atoms with E-state index in [1.54, 1.807) is 6.07 Å². The molecule has 88 valence electrons. The van der Waals surface area contributed by atoms with Crippen molar-refractivity contribution < 1.29 is 5.11 Å². The summed E-state index contributed by atoms with van der Waals surface area (Å²) >= 11 is 0. The second kappa shape index (κ2) is 5.37. The lowest BCUT2D eigenvalue weighted by Crippen LogP contribution is -2.02. The summed E-state index contributed by atoms with van der Waals surface area (Å²) in [6.07, 6.45) is 0. The maximum absolute atomic E-state index is 9.52. The first kappa shape index (κ1) is 11.5. The van der Waals surface area contributed by atoms with Crippen molar-refractivity contribution in [3.05, 3.63) is 59.7 Å². The van der Waals surface area contributed by atoms with Crippen molar-refractivity contribution in [2.75, 3.05) is 5.32 Å². The zero-order chi connectivity index (χ0) is 12.1. The average Bonchev–Trinajstić information content (AvgIpc) is 2.39. The van der Waals surface area contributed by atoms with Gasteiger partial charge in [-0.05, 0) is 29.8 Å². The van der Waals surface area contributed by atoms with Crippen LogP contribution in [0.25, 0.3) is 0 Å². The predicted molar refractivity (Wildman–Crippen MR) is 69.8 cm³/mol. The number of rotatable bonds is 4. The van der Waals surface area contributed by atoms with Crippen molar-refractivity contribution in [2.45, 2.75) is 13.1 Å². The molecule has 0 saturated carbocycles. The van der Waals surface area contributed by atoms with Crippen LogP contribution in [-0.4, -0.2) is 5.11 Å². The lowest BCUT2D eigenvalue weighted by Gasteiger charge is -2.08. The molecule has 0 amide bonds. The first-order valence-electron chi connectivity index (χ1n) is 5.59. The third kappa shape index (κ3) is 2.98. The molecular weight excluding hydrogens is 212 g/mol. The van der Waals surface area contributed by atoms with Gasteiger partial charge in [0.05, 0.1) is 0 Å². The summed E-state index contributed by atoms with van der Waals surface area (Å²) in [5.41, 5.74) is 8.50. The Kier molecular flexibility index (Phi) is 3.62. The van der Waals surface area contributed by atoms with Crippen molar-refractivity contribution >= 4 is 5.69 Å². The van der Waals surface area contributed by atoms with Crippen LogP contribution in [0.2, 0.25) is 0 Å². The van der Waals surface area contributed by atoms with E-state index in [0.29, 0.717) is 6.54 Å². The van der Waals surface area contributed by atoms with E-state index in [-0.39, 0.29) is 5.75 Å². The van der Waals surface area contributed by atoms with Crippen molar-refractivity contribution in [2.24, 2.45) is 5.73 Å². The maximum atomic E-state index is 9.52. The summed E-state index contributed by atoms with van der Waals surface area (Å²) in [6.45, 7) is 1.07. The Hall–Kier alpha value is -2.00. The van der Waals surface area contributed by atoms with E-state index in [2.05, 4.69) is 5.32 Å². The number of nitrogens with two attached hydrogens (primary N) is 1. The minimum atomic E-state index is 0.260. The summed E-state index contributed by atoms with van der Waals surface area (Å²) in [4.78, 5) is 0. The van der Waals surface area contributed by atoms with Gasteiger partial charge in [0.2, 0.25) is 0 Å². The largest absolute Gasteiger partial charge is 0.508 e. The van der Waals surface area contributed by atoms with Crippen LogP contribution in [0.4, 0.5) is 5.69 Å². The van der Waals surface area contributed by atoms with Gasteiger partial charge in [0.25, 0.3) is 0 Å². The minimum absolute atomic E-state index is 0.260. The highest BCUT2D eigenvalue weighted by molar-refractivity contribution is 5.44. The van der Waals surface area contributed by atoms with Crippen LogP contribution in [-0.2, 0) is 13.1 Å². The van der Waals surface area contributed by atoms with Crippen molar-refractivity contribution in [3.8, 4) is 5.75 Å². The molecule has 0 spiro atoms. The first-order valence-corrected chi connectivity index (χ1v) is 5.59. The molecule has 0 unspecified atom stereocenters. The zero-order valence-corrected chi connectivity index (χ0v) is 9.56. The van der Waals surface area contributed by atoms with Gasteiger partial charge in [0, 0.05) is 24.3 Å². The molecule has 17 heavy (non-hydrogen) atoms. The standard InChI is InChI=1S/C14H16N2O/c15-9-12-8-11(6-7-14(12)17)10-16-13-4-2-1-3-5-13/h1-8,16-17H,9-10,15H2. The number of phenolic OH excluding ortho intramolecular Hbond substituents is 1. The average molecular weight is 228 g/mol. The van der Waals surface area contributed by atoms with E-state index in [9.17, 15) is 5.11 Å². The molecule has 3 heteroatoms. The molecule has 0 saturated heterocycles. The normalized spacial score (nSPS) is 10.2. The van der Waals surface area contributed by atoms with Gasteiger partial charge in [-0.25, -0.2) is 0 Å². The van der Waals surface area contributed by atoms with E-state index >= 15 is 0 Å². The third-order valence-corrected chi connectivity index (χ3v) is 2.63. The Balaban J connectivity index is 2.04. The molecule has 4 N–H and O–H groups in total. The van der Waals surface area contributed by atoms with E-state index in [0.717, 1.165) is 23.4 Å². The van der Waals surface area contributed by atoms with E-state index in [4.69, 9.17) is 5.73 Å². The summed E-state index contributed by atoms with van der Waals surface area (Å²) in [7, 11) is 0. The zero-order valence-electron chi connectivity index (χ0n) is 9.56. The molecule has 0 bridgehead atoms. The van der Waals surface area contributed by atoms with Gasteiger partial charge in [-0.2, -0.15) is 0 Å². The summed E-state index contributed by atoms with van der Waals surface area (Å²) < 4.78 is 0. The molecule has 2 aromatic carbocycles. The quantitative estimate of drug-likeness (QED) is 0.753. The number of benzene rings is 2. The molecule has 0 aliphatic rings. The Morgan fingerprint density at radius 3 is 2.53 bits per heavy atom. The van der Waals surface area contributed by atoms with Crippen LogP contribution in [0.1, 0.15) is 11.1 Å². The van der Waals surface area contributed by atoms with Gasteiger partial charge in [0.15, 0.2) is 0 Å². The minimum Gasteiger partial charge on any atom is -0.508 e. The Labute approximate surface area is 101 Å². The molecule has 0 aromatic heterocycles. The molecular formula is C14H16N2O. The molecule has 0 radical (unpaired) electrons. The SMILES string of the molecule is NCc1cc(CNc2ccccc2)ccc1O. The summed E-state index contributed by atoms with van der Waals surface area (Å²) in [5, 5.41) is 12.8. The van der Waals surface area contributed by atoms with E-state index in [1.165, 1.54) is 0 Å². The topological polar surface area (TPSA) is 58.3 Å². The Morgan fingerprint density at radius 2 is 1.82 bits per heavy atom. The fraction of sp³-hybridized carbons (Fsp3) is 0.143. The van der Waals surface area contributed by atoms with Crippen LogP contribution in [0.15, 0.2) is 48.5 Å². The molecule has 0 heterocycles. The van der Waals surface area contributed by atoms with E-state index < -0.39 is 0 Å². The predicted octanol–water partition coefficient (Wildman–Crippen LogP) is 2.46. The molecule has 2 aromatic rings. The fourth-order valence-corrected chi connectivity index (χ4v) is 1.67. The molecule has 2 rings (SSSR count). The molecule has 0 fully saturated rings. The van der Waals surface area contributed by atoms with Gasteiger partial charge >= 0.3 is 0 Å². The van der Waals surface area contributed by atoms with Crippen LogP contribution in [0.5, 0.6) is 5.75 Å². The molecule has 0 atom stereocenters. The van der Waals surface area contributed by atoms with Gasteiger partial charge in [0.1, 0.15) is 5.75 Å². The van der Waals surface area contributed by atoms with Crippen LogP contribution < -0.4 is 11.1 Å². The third-order valence-electron chi connectivity index (χ3n) is 2.63. The number of aromatic hydroxyl groups is 1. The fourth-order valence-electron chi connectivity index (χ4n) is 1.67. The second-order valence-corrected chi connectivity index (χ2v) is 3.89. The number of hydrogen-bond acceptors (Lipinski definition) is 3. The highest BCUT2D eigenvalue weighted by Gasteiger charge is 2.00. The van der Waals surface area contributed by atoms with Crippen LogP contribution >= 0.6 is 0 Å². The van der Waals surface area contributed by atoms with Crippen LogP contribution in [0, 0.1) is 0 Å².